The van der Waals surface area contributed by atoms with E-state index in [0.29, 0.717) is 0 Å². The van der Waals surface area contributed by atoms with Crippen molar-refractivity contribution in [1.29, 1.82) is 0 Å². The van der Waals surface area contributed by atoms with Gasteiger partial charge in [0.05, 0.1) is 16.5 Å². The van der Waals surface area contributed by atoms with Crippen LogP contribution in [-0.2, 0) is 26.0 Å². The van der Waals surface area contributed by atoms with Crippen LogP contribution in [0.2, 0.25) is 0 Å². The minimum Gasteiger partial charge on any atom is -0.452 e. The Labute approximate surface area is 177 Å². The maximum absolute atomic E-state index is 12.3. The third-order valence-corrected chi connectivity index (χ3v) is 6.03. The van der Waals surface area contributed by atoms with Gasteiger partial charge < -0.3 is 10.1 Å². The highest BCUT2D eigenvalue weighted by Crippen LogP contribution is 2.15. The van der Waals surface area contributed by atoms with Crippen molar-refractivity contribution in [2.45, 2.75) is 51.1 Å². The summed E-state index contributed by atoms with van der Waals surface area (Å²) in [7, 11) is -3.74. The van der Waals surface area contributed by atoms with Gasteiger partial charge in [0.1, 0.15) is 0 Å². The van der Waals surface area contributed by atoms with Crippen LogP contribution in [-0.4, -0.2) is 32.9 Å². The predicted octanol–water partition coefficient (Wildman–Crippen LogP) is 2.97. The average molecular weight is 433 g/mol. The lowest BCUT2D eigenvalue weighted by molar-refractivity contribution is -0.124. The van der Waals surface area contributed by atoms with Crippen molar-refractivity contribution >= 4 is 21.9 Å². The first kappa shape index (κ1) is 23.6. The SMILES string of the molecule is CCc1ccc([C@H](C)NC(=O)COC(=O)c2cccc(S(=O)(=O)NC(C)C)c2)cc1. The first-order valence-electron chi connectivity index (χ1n) is 9.80. The summed E-state index contributed by atoms with van der Waals surface area (Å²) in [6, 6.07) is 12.9. The summed E-state index contributed by atoms with van der Waals surface area (Å²) in [5.74, 6) is -1.22. The third kappa shape index (κ3) is 6.67. The Morgan fingerprint density at radius 3 is 2.30 bits per heavy atom. The Hall–Kier alpha value is -2.71. The number of esters is 1. The normalized spacial score (nSPS) is 12.4. The molecule has 2 N–H and O–H groups in total. The van der Waals surface area contributed by atoms with Crippen LogP contribution in [0.3, 0.4) is 0 Å². The Kier molecular flexibility index (Phi) is 8.14. The Balaban J connectivity index is 1.95. The molecule has 0 bridgehead atoms. The van der Waals surface area contributed by atoms with Gasteiger partial charge in [-0.25, -0.2) is 17.9 Å². The van der Waals surface area contributed by atoms with Gasteiger partial charge in [-0.05, 0) is 56.5 Å². The molecule has 30 heavy (non-hydrogen) atoms. The van der Waals surface area contributed by atoms with Crippen LogP contribution < -0.4 is 10.0 Å². The standard InChI is InChI=1S/C22H28N2O5S/c1-5-17-9-11-18(12-10-17)16(4)23-21(25)14-29-22(26)19-7-6-8-20(13-19)30(27,28)24-15(2)3/h6-13,15-16,24H,5,14H2,1-4H3,(H,23,25)/t16-/m0/s1. The van der Waals surface area contributed by atoms with Crippen LogP contribution in [0.15, 0.2) is 53.4 Å². The van der Waals surface area contributed by atoms with Crippen LogP contribution >= 0.6 is 0 Å². The second-order valence-electron chi connectivity index (χ2n) is 7.26. The number of ether oxygens (including phenoxy) is 1. The zero-order valence-electron chi connectivity index (χ0n) is 17.6. The van der Waals surface area contributed by atoms with Crippen molar-refractivity contribution in [3.05, 3.63) is 65.2 Å². The zero-order valence-corrected chi connectivity index (χ0v) is 18.5. The molecule has 0 saturated carbocycles. The number of amides is 1. The molecule has 0 aliphatic heterocycles. The molecular formula is C22H28N2O5S. The molecule has 1 amide bonds. The van der Waals surface area contributed by atoms with Crippen molar-refractivity contribution in [3.8, 4) is 0 Å². The molecule has 8 heteroatoms. The number of hydrogen-bond acceptors (Lipinski definition) is 5. The molecule has 1 atom stereocenters. The van der Waals surface area contributed by atoms with Gasteiger partial charge in [-0.1, -0.05) is 37.3 Å². The predicted molar refractivity (Wildman–Crippen MR) is 115 cm³/mol. The molecule has 7 nitrogen and oxygen atoms in total. The summed E-state index contributed by atoms with van der Waals surface area (Å²) < 4.78 is 32.0. The lowest BCUT2D eigenvalue weighted by atomic mass is 10.1. The van der Waals surface area contributed by atoms with E-state index in [1.54, 1.807) is 13.8 Å². The van der Waals surface area contributed by atoms with E-state index < -0.39 is 28.5 Å². The van der Waals surface area contributed by atoms with E-state index in [9.17, 15) is 18.0 Å². The van der Waals surface area contributed by atoms with Crippen LogP contribution in [0, 0.1) is 0 Å². The molecule has 0 fully saturated rings. The molecule has 0 aromatic heterocycles. The van der Waals surface area contributed by atoms with Crippen LogP contribution in [0.5, 0.6) is 0 Å². The van der Waals surface area contributed by atoms with Gasteiger partial charge >= 0.3 is 5.97 Å². The van der Waals surface area contributed by atoms with E-state index in [0.717, 1.165) is 12.0 Å². The highest BCUT2D eigenvalue weighted by molar-refractivity contribution is 7.89. The van der Waals surface area contributed by atoms with E-state index in [2.05, 4.69) is 17.0 Å². The number of aryl methyl sites for hydroxylation is 1. The fourth-order valence-corrected chi connectivity index (χ4v) is 4.09. The molecule has 0 aliphatic rings. The molecule has 0 unspecified atom stereocenters. The minimum absolute atomic E-state index is 0.0424. The molecule has 2 aromatic carbocycles. The van der Waals surface area contributed by atoms with Gasteiger partial charge in [0, 0.05) is 6.04 Å². The number of hydrogen-bond donors (Lipinski definition) is 2. The van der Waals surface area contributed by atoms with E-state index in [1.165, 1.54) is 29.8 Å². The summed E-state index contributed by atoms with van der Waals surface area (Å²) in [6.45, 7) is 6.86. The molecule has 2 aromatic rings. The van der Waals surface area contributed by atoms with E-state index >= 15 is 0 Å². The van der Waals surface area contributed by atoms with Gasteiger partial charge in [-0.2, -0.15) is 0 Å². The van der Waals surface area contributed by atoms with E-state index in [-0.39, 0.29) is 22.5 Å². The summed E-state index contributed by atoms with van der Waals surface area (Å²) in [5, 5.41) is 2.78. The maximum atomic E-state index is 12.3. The molecule has 0 saturated heterocycles. The average Bonchev–Trinajstić information content (AvgIpc) is 2.71. The van der Waals surface area contributed by atoms with Crippen LogP contribution in [0.4, 0.5) is 0 Å². The minimum atomic E-state index is -3.74. The smallest absolute Gasteiger partial charge is 0.338 e. The molecule has 2 rings (SSSR count). The van der Waals surface area contributed by atoms with Gasteiger partial charge in [0.2, 0.25) is 10.0 Å². The molecule has 0 heterocycles. The monoisotopic (exact) mass is 432 g/mol. The largest absolute Gasteiger partial charge is 0.452 e. The van der Waals surface area contributed by atoms with Gasteiger partial charge in [-0.3, -0.25) is 4.79 Å². The molecular weight excluding hydrogens is 404 g/mol. The van der Waals surface area contributed by atoms with Crippen LogP contribution in [0.25, 0.3) is 0 Å². The van der Waals surface area contributed by atoms with Gasteiger partial charge in [-0.15, -0.1) is 0 Å². The summed E-state index contributed by atoms with van der Waals surface area (Å²) in [6.07, 6.45) is 0.938. The number of carbonyl (C=O) groups excluding carboxylic acids is 2. The van der Waals surface area contributed by atoms with Crippen LogP contribution in [0.1, 0.15) is 55.2 Å². The molecule has 0 radical (unpaired) electrons. The highest BCUT2D eigenvalue weighted by Gasteiger charge is 2.18. The Morgan fingerprint density at radius 1 is 1.03 bits per heavy atom. The fourth-order valence-electron chi connectivity index (χ4n) is 2.79. The number of carbonyl (C=O) groups is 2. The summed E-state index contributed by atoms with van der Waals surface area (Å²) in [4.78, 5) is 24.4. The van der Waals surface area contributed by atoms with Crippen molar-refractivity contribution in [2.24, 2.45) is 0 Å². The number of rotatable bonds is 9. The van der Waals surface area contributed by atoms with Crippen molar-refractivity contribution in [1.82, 2.24) is 10.0 Å². The first-order valence-corrected chi connectivity index (χ1v) is 11.3. The third-order valence-electron chi connectivity index (χ3n) is 4.37. The van der Waals surface area contributed by atoms with Crippen molar-refractivity contribution < 1.29 is 22.7 Å². The maximum Gasteiger partial charge on any atom is 0.338 e. The second-order valence-corrected chi connectivity index (χ2v) is 8.98. The van der Waals surface area contributed by atoms with E-state index in [4.69, 9.17) is 4.74 Å². The first-order chi connectivity index (χ1) is 14.1. The summed E-state index contributed by atoms with van der Waals surface area (Å²) >= 11 is 0. The van der Waals surface area contributed by atoms with Crippen molar-refractivity contribution in [3.63, 3.8) is 0 Å². The lowest BCUT2D eigenvalue weighted by Crippen LogP contribution is -2.31. The topological polar surface area (TPSA) is 102 Å². The quantitative estimate of drug-likeness (QED) is 0.593. The fraction of sp³-hybridized carbons (Fsp3) is 0.364. The Bertz CT molecular complexity index is 985. The molecule has 0 aliphatic carbocycles. The van der Waals surface area contributed by atoms with Gasteiger partial charge in [0.25, 0.3) is 5.91 Å². The zero-order chi connectivity index (χ0) is 22.3. The lowest BCUT2D eigenvalue weighted by Gasteiger charge is -2.15. The van der Waals surface area contributed by atoms with E-state index in [1.807, 2.05) is 31.2 Å². The molecule has 162 valence electrons. The number of sulfonamides is 1. The second kappa shape index (κ2) is 10.4. The number of nitrogens with one attached hydrogen (secondary N) is 2. The Morgan fingerprint density at radius 2 is 1.70 bits per heavy atom. The molecule has 0 spiro atoms. The highest BCUT2D eigenvalue weighted by atomic mass is 32.2. The van der Waals surface area contributed by atoms with Gasteiger partial charge in [0.15, 0.2) is 6.61 Å². The van der Waals surface area contributed by atoms with Crippen molar-refractivity contribution in [2.75, 3.05) is 6.61 Å². The summed E-state index contributed by atoms with van der Waals surface area (Å²) in [5.41, 5.74) is 2.21. The number of benzene rings is 2.